The summed E-state index contributed by atoms with van der Waals surface area (Å²) in [5.41, 5.74) is 0.669. The first-order valence-corrected chi connectivity index (χ1v) is 10.0. The molecule has 1 amide bonds. The molecule has 4 nitrogen and oxygen atoms in total. The van der Waals surface area contributed by atoms with E-state index in [-0.39, 0.29) is 18.0 Å². The summed E-state index contributed by atoms with van der Waals surface area (Å²) in [6.45, 7) is 1.76. The molecule has 0 aliphatic rings. The van der Waals surface area contributed by atoms with Gasteiger partial charge in [-0.2, -0.15) is 0 Å². The molecule has 0 radical (unpaired) electrons. The molecule has 0 saturated heterocycles. The van der Waals surface area contributed by atoms with Gasteiger partial charge in [-0.3, -0.25) is 4.79 Å². The minimum Gasteiger partial charge on any atom is -0.312 e. The molecular formula is C17H16BrF2NO3S. The van der Waals surface area contributed by atoms with Crippen LogP contribution in [0.4, 0.5) is 14.5 Å². The number of amides is 1. The second kappa shape index (κ2) is 8.05. The van der Waals surface area contributed by atoms with Crippen molar-refractivity contribution < 1.29 is 22.0 Å². The van der Waals surface area contributed by atoms with E-state index in [0.717, 1.165) is 21.5 Å². The lowest BCUT2D eigenvalue weighted by Gasteiger charge is -2.21. The number of benzene rings is 2. The number of halogens is 3. The zero-order chi connectivity index (χ0) is 18.6. The molecule has 25 heavy (non-hydrogen) atoms. The predicted octanol–water partition coefficient (Wildman–Crippen LogP) is 3.70. The first-order valence-electron chi connectivity index (χ1n) is 7.42. The van der Waals surface area contributed by atoms with Gasteiger partial charge in [0.05, 0.1) is 5.75 Å². The van der Waals surface area contributed by atoms with Crippen molar-refractivity contribution >= 4 is 37.4 Å². The molecule has 0 heterocycles. The van der Waals surface area contributed by atoms with Crippen molar-refractivity contribution in [2.75, 3.05) is 17.2 Å². The molecule has 0 fully saturated rings. The Kier molecular flexibility index (Phi) is 6.29. The summed E-state index contributed by atoms with van der Waals surface area (Å²) in [4.78, 5) is 13.5. The van der Waals surface area contributed by atoms with Crippen LogP contribution in [0.1, 0.15) is 12.5 Å². The van der Waals surface area contributed by atoms with Crippen LogP contribution >= 0.6 is 15.9 Å². The van der Waals surface area contributed by atoms with E-state index in [4.69, 9.17) is 0 Å². The normalized spacial score (nSPS) is 11.4. The third kappa shape index (κ3) is 5.34. The molecule has 134 valence electrons. The van der Waals surface area contributed by atoms with E-state index >= 15 is 0 Å². The second-order valence-corrected chi connectivity index (χ2v) is 8.38. The number of rotatable bonds is 6. The lowest BCUT2D eigenvalue weighted by Crippen LogP contribution is -2.36. The average Bonchev–Trinajstić information content (AvgIpc) is 2.50. The second-order valence-electron chi connectivity index (χ2n) is 5.40. The van der Waals surface area contributed by atoms with Crippen molar-refractivity contribution in [3.63, 3.8) is 0 Å². The SMILES string of the molecule is CCN(C(=O)CS(=O)(=O)Cc1cccc(Br)c1)c1ccc(F)c(F)c1. The largest absolute Gasteiger partial charge is 0.312 e. The van der Waals surface area contributed by atoms with Crippen molar-refractivity contribution in [3.05, 3.63) is 64.1 Å². The summed E-state index contributed by atoms with van der Waals surface area (Å²) in [5, 5.41) is 0. The van der Waals surface area contributed by atoms with Crippen LogP contribution in [0, 0.1) is 11.6 Å². The fourth-order valence-corrected chi connectivity index (χ4v) is 4.12. The van der Waals surface area contributed by atoms with Crippen LogP contribution < -0.4 is 4.90 Å². The molecule has 8 heteroatoms. The zero-order valence-corrected chi connectivity index (χ0v) is 15.8. The van der Waals surface area contributed by atoms with Gasteiger partial charge in [0.15, 0.2) is 21.5 Å². The molecular weight excluding hydrogens is 416 g/mol. The molecule has 0 bridgehead atoms. The Labute approximate surface area is 153 Å². The number of anilines is 1. The summed E-state index contributed by atoms with van der Waals surface area (Å²) in [6, 6.07) is 9.79. The van der Waals surface area contributed by atoms with E-state index in [2.05, 4.69) is 15.9 Å². The molecule has 0 spiro atoms. The van der Waals surface area contributed by atoms with Crippen molar-refractivity contribution in [1.82, 2.24) is 0 Å². The van der Waals surface area contributed by atoms with Gasteiger partial charge in [0, 0.05) is 22.8 Å². The van der Waals surface area contributed by atoms with Crippen LogP contribution in [0.2, 0.25) is 0 Å². The van der Waals surface area contributed by atoms with E-state index in [1.165, 1.54) is 6.07 Å². The Balaban J connectivity index is 2.16. The van der Waals surface area contributed by atoms with Crippen LogP contribution in [0.5, 0.6) is 0 Å². The number of hydrogen-bond acceptors (Lipinski definition) is 3. The number of carbonyl (C=O) groups excluding carboxylic acids is 1. The third-order valence-electron chi connectivity index (χ3n) is 3.45. The number of hydrogen-bond donors (Lipinski definition) is 0. The zero-order valence-electron chi connectivity index (χ0n) is 13.4. The maximum atomic E-state index is 13.4. The van der Waals surface area contributed by atoms with Gasteiger partial charge < -0.3 is 4.90 Å². The van der Waals surface area contributed by atoms with Crippen molar-refractivity contribution in [1.29, 1.82) is 0 Å². The van der Waals surface area contributed by atoms with E-state index in [9.17, 15) is 22.0 Å². The van der Waals surface area contributed by atoms with Gasteiger partial charge in [-0.25, -0.2) is 17.2 Å². The molecule has 0 saturated carbocycles. The van der Waals surface area contributed by atoms with Crippen LogP contribution in [-0.2, 0) is 20.4 Å². The summed E-state index contributed by atoms with van der Waals surface area (Å²) in [6.07, 6.45) is 0. The van der Waals surface area contributed by atoms with Crippen molar-refractivity contribution in [3.8, 4) is 0 Å². The Morgan fingerprint density at radius 3 is 2.44 bits per heavy atom. The van der Waals surface area contributed by atoms with Gasteiger partial charge >= 0.3 is 0 Å². The maximum Gasteiger partial charge on any atom is 0.242 e. The molecule has 0 atom stereocenters. The van der Waals surface area contributed by atoms with Crippen LogP contribution in [-0.4, -0.2) is 26.6 Å². The van der Waals surface area contributed by atoms with Crippen molar-refractivity contribution in [2.24, 2.45) is 0 Å². The van der Waals surface area contributed by atoms with E-state index < -0.39 is 33.1 Å². The lowest BCUT2D eigenvalue weighted by molar-refractivity contribution is -0.116. The van der Waals surface area contributed by atoms with Gasteiger partial charge in [0.2, 0.25) is 5.91 Å². The van der Waals surface area contributed by atoms with Gasteiger partial charge in [-0.15, -0.1) is 0 Å². The quantitative estimate of drug-likeness (QED) is 0.700. The Hall–Kier alpha value is -1.80. The van der Waals surface area contributed by atoms with E-state index in [0.29, 0.717) is 5.56 Å². The van der Waals surface area contributed by atoms with Gasteiger partial charge in [-0.1, -0.05) is 28.1 Å². The molecule has 0 unspecified atom stereocenters. The first kappa shape index (κ1) is 19.5. The number of sulfone groups is 1. The minimum absolute atomic E-state index is 0.115. The van der Waals surface area contributed by atoms with E-state index in [1.54, 1.807) is 31.2 Å². The van der Waals surface area contributed by atoms with E-state index in [1.807, 2.05) is 0 Å². The fraction of sp³-hybridized carbons (Fsp3) is 0.235. The van der Waals surface area contributed by atoms with Gasteiger partial charge in [-0.05, 0) is 36.8 Å². The van der Waals surface area contributed by atoms with Crippen molar-refractivity contribution in [2.45, 2.75) is 12.7 Å². The summed E-state index contributed by atoms with van der Waals surface area (Å²) >= 11 is 3.26. The Morgan fingerprint density at radius 2 is 1.84 bits per heavy atom. The monoisotopic (exact) mass is 431 g/mol. The summed E-state index contributed by atoms with van der Waals surface area (Å²) in [5.74, 6) is -3.82. The fourth-order valence-electron chi connectivity index (χ4n) is 2.35. The highest BCUT2D eigenvalue weighted by molar-refractivity contribution is 9.10. The standard InChI is InChI=1S/C17H16BrF2NO3S/c1-2-21(14-6-7-15(19)16(20)9-14)17(22)11-25(23,24)10-12-4-3-5-13(18)8-12/h3-9H,2,10-11H2,1H3. The average molecular weight is 432 g/mol. The highest BCUT2D eigenvalue weighted by Crippen LogP contribution is 2.19. The smallest absolute Gasteiger partial charge is 0.242 e. The molecule has 2 rings (SSSR count). The van der Waals surface area contributed by atoms with Crippen LogP contribution in [0.25, 0.3) is 0 Å². The Bertz CT molecular complexity index is 887. The highest BCUT2D eigenvalue weighted by Gasteiger charge is 2.23. The lowest BCUT2D eigenvalue weighted by atomic mass is 10.2. The predicted molar refractivity (Wildman–Crippen MR) is 96.0 cm³/mol. The summed E-state index contributed by atoms with van der Waals surface area (Å²) in [7, 11) is -3.71. The number of carbonyl (C=O) groups is 1. The highest BCUT2D eigenvalue weighted by atomic mass is 79.9. The van der Waals surface area contributed by atoms with Gasteiger partial charge in [0.1, 0.15) is 5.75 Å². The molecule has 0 aliphatic carbocycles. The van der Waals surface area contributed by atoms with Crippen LogP contribution in [0.3, 0.4) is 0 Å². The third-order valence-corrected chi connectivity index (χ3v) is 5.40. The number of nitrogens with zero attached hydrogens (tertiary/aromatic N) is 1. The van der Waals surface area contributed by atoms with Crippen LogP contribution in [0.15, 0.2) is 46.9 Å². The molecule has 2 aromatic carbocycles. The topological polar surface area (TPSA) is 54.5 Å². The first-order chi connectivity index (χ1) is 11.7. The molecule has 0 aromatic heterocycles. The maximum absolute atomic E-state index is 13.4. The molecule has 0 aliphatic heterocycles. The molecule has 0 N–H and O–H groups in total. The van der Waals surface area contributed by atoms with Gasteiger partial charge in [0.25, 0.3) is 0 Å². The minimum atomic E-state index is -3.71. The Morgan fingerprint density at radius 1 is 1.12 bits per heavy atom. The molecule has 2 aromatic rings. The summed E-state index contributed by atoms with van der Waals surface area (Å²) < 4.78 is 51.7.